The average Bonchev–Trinajstić information content (AvgIpc) is 2.99. The van der Waals surface area contributed by atoms with E-state index in [-0.39, 0.29) is 17.3 Å². The van der Waals surface area contributed by atoms with Crippen molar-refractivity contribution in [3.63, 3.8) is 0 Å². The Morgan fingerprint density at radius 1 is 1.20 bits per heavy atom. The molecule has 0 unspecified atom stereocenters. The van der Waals surface area contributed by atoms with Crippen molar-refractivity contribution < 1.29 is 28.4 Å². The zero-order valence-electron chi connectivity index (χ0n) is 22.4. The van der Waals surface area contributed by atoms with E-state index in [0.29, 0.717) is 37.3 Å². The summed E-state index contributed by atoms with van der Waals surface area (Å²) in [6, 6.07) is 10.1. The molecule has 0 bridgehead atoms. The van der Waals surface area contributed by atoms with Crippen LogP contribution < -0.4 is 30.4 Å². The van der Waals surface area contributed by atoms with E-state index < -0.39 is 11.7 Å². The fourth-order valence-corrected chi connectivity index (χ4v) is 4.86. The summed E-state index contributed by atoms with van der Waals surface area (Å²) >= 11 is 0. The Balaban J connectivity index is 1.47. The third kappa shape index (κ3) is 6.47. The maximum atomic E-state index is 14.0. The Bertz CT molecular complexity index is 1420. The molecule has 208 valence electrons. The fourth-order valence-electron chi connectivity index (χ4n) is 4.86. The third-order valence-electron chi connectivity index (χ3n) is 6.99. The molecule has 0 aliphatic carbocycles. The lowest BCUT2D eigenvalue weighted by Gasteiger charge is -2.23. The highest BCUT2D eigenvalue weighted by Gasteiger charge is 2.24. The fraction of sp³-hybridized carbons (Fsp3) is 0.300. The van der Waals surface area contributed by atoms with Gasteiger partial charge in [0.2, 0.25) is 5.91 Å². The lowest BCUT2D eigenvalue weighted by molar-refractivity contribution is -0.365. The van der Waals surface area contributed by atoms with E-state index in [1.165, 1.54) is 23.8 Å². The summed E-state index contributed by atoms with van der Waals surface area (Å²) < 4.78 is 31.4. The molecule has 9 nitrogen and oxygen atoms in total. The highest BCUT2D eigenvalue weighted by Crippen LogP contribution is 2.37. The number of nitrogens with zero attached hydrogens (tertiary/aromatic N) is 1. The number of H-pyrrole nitrogens is 1. The summed E-state index contributed by atoms with van der Waals surface area (Å²) in [5, 5.41) is 9.30. The van der Waals surface area contributed by atoms with Gasteiger partial charge in [-0.25, -0.2) is 14.7 Å². The van der Waals surface area contributed by atoms with E-state index in [2.05, 4.69) is 39.6 Å². The number of benzene rings is 2. The number of anilines is 3. The molecular formula is C30H33FN5O4+. The van der Waals surface area contributed by atoms with Gasteiger partial charge in [-0.3, -0.25) is 4.79 Å². The normalized spacial score (nSPS) is 15.6. The summed E-state index contributed by atoms with van der Waals surface area (Å²) in [4.78, 5) is 19.9. The van der Waals surface area contributed by atoms with Crippen LogP contribution in [0.15, 0.2) is 61.3 Å². The SMILES string of the molecule is C=CC(=O)Nc1cc(F)ccc1Oc1nc(Nc2ccc(C3CCNCC3)cc2OC)[nH+]cc1C1=CCOCC1. The molecule has 3 aromatic rings. The number of nitrogens with one attached hydrogen (secondary N) is 4. The van der Waals surface area contributed by atoms with Crippen LogP contribution in [0.3, 0.4) is 0 Å². The molecule has 2 aliphatic rings. The Hall–Kier alpha value is -4.28. The number of hydrogen-bond donors (Lipinski definition) is 3. The molecule has 1 saturated heterocycles. The van der Waals surface area contributed by atoms with Crippen LogP contribution in [-0.4, -0.2) is 44.3 Å². The van der Waals surface area contributed by atoms with Crippen LogP contribution in [0, 0.1) is 5.82 Å². The number of hydrogen-bond acceptors (Lipinski definition) is 7. The minimum atomic E-state index is -0.518. The van der Waals surface area contributed by atoms with Gasteiger partial charge in [0.25, 0.3) is 0 Å². The molecule has 0 spiro atoms. The number of rotatable bonds is 9. The molecule has 10 heteroatoms. The quantitative estimate of drug-likeness (QED) is 0.325. The molecule has 2 aromatic carbocycles. The molecule has 2 aliphatic heterocycles. The van der Waals surface area contributed by atoms with Gasteiger partial charge >= 0.3 is 11.8 Å². The zero-order valence-corrected chi connectivity index (χ0v) is 22.4. The number of ether oxygens (including phenoxy) is 3. The zero-order chi connectivity index (χ0) is 27.9. The molecule has 4 N–H and O–H groups in total. The monoisotopic (exact) mass is 546 g/mol. The summed E-state index contributed by atoms with van der Waals surface area (Å²) in [6.45, 7) is 6.53. The van der Waals surface area contributed by atoms with Gasteiger partial charge in [-0.1, -0.05) is 18.7 Å². The maximum Gasteiger partial charge on any atom is 0.397 e. The number of aromatic amines is 1. The molecule has 0 radical (unpaired) electrons. The first-order valence-electron chi connectivity index (χ1n) is 13.3. The van der Waals surface area contributed by atoms with Crippen LogP contribution in [0.1, 0.15) is 36.3 Å². The summed E-state index contributed by atoms with van der Waals surface area (Å²) in [5.41, 5.74) is 3.88. The smallest absolute Gasteiger partial charge is 0.397 e. The van der Waals surface area contributed by atoms with Gasteiger partial charge in [0.05, 0.1) is 37.8 Å². The Morgan fingerprint density at radius 3 is 2.80 bits per heavy atom. The Labute approximate surface area is 232 Å². The van der Waals surface area contributed by atoms with Crippen molar-refractivity contribution in [1.29, 1.82) is 0 Å². The number of aromatic nitrogens is 2. The Kier molecular flexibility index (Phi) is 8.68. The lowest BCUT2D eigenvalue weighted by atomic mass is 9.90. The average molecular weight is 547 g/mol. The third-order valence-corrected chi connectivity index (χ3v) is 6.99. The molecular weight excluding hydrogens is 513 g/mol. The van der Waals surface area contributed by atoms with Crippen LogP contribution in [0.25, 0.3) is 5.57 Å². The van der Waals surface area contributed by atoms with Crippen LogP contribution in [0.4, 0.5) is 21.7 Å². The first kappa shape index (κ1) is 27.3. The lowest BCUT2D eigenvalue weighted by Crippen LogP contribution is -2.26. The molecule has 0 saturated carbocycles. The number of carbonyl (C=O) groups excluding carboxylic acids is 1. The van der Waals surface area contributed by atoms with Crippen LogP contribution >= 0.6 is 0 Å². The van der Waals surface area contributed by atoms with Crippen LogP contribution in [0.5, 0.6) is 17.4 Å². The van der Waals surface area contributed by atoms with E-state index in [9.17, 15) is 9.18 Å². The van der Waals surface area contributed by atoms with E-state index in [0.717, 1.165) is 48.8 Å². The van der Waals surface area contributed by atoms with Gasteiger partial charge in [0.15, 0.2) is 11.5 Å². The van der Waals surface area contributed by atoms with Crippen molar-refractivity contribution in [2.24, 2.45) is 0 Å². The van der Waals surface area contributed by atoms with Gasteiger partial charge in [-0.15, -0.1) is 0 Å². The maximum absolute atomic E-state index is 14.0. The van der Waals surface area contributed by atoms with E-state index in [1.807, 2.05) is 18.3 Å². The van der Waals surface area contributed by atoms with Crippen LogP contribution in [-0.2, 0) is 9.53 Å². The largest absolute Gasteiger partial charge is 0.493 e. The first-order valence-corrected chi connectivity index (χ1v) is 13.3. The molecule has 40 heavy (non-hydrogen) atoms. The van der Waals surface area contributed by atoms with Crippen molar-refractivity contribution in [3.05, 3.63) is 78.3 Å². The summed E-state index contributed by atoms with van der Waals surface area (Å²) in [5.74, 6) is 1.12. The van der Waals surface area contributed by atoms with Gasteiger partial charge in [0.1, 0.15) is 11.5 Å². The Morgan fingerprint density at radius 2 is 2.05 bits per heavy atom. The van der Waals surface area contributed by atoms with E-state index in [1.54, 1.807) is 7.11 Å². The topological polar surface area (TPSA) is 108 Å². The second kappa shape index (κ2) is 12.7. The molecule has 1 aromatic heterocycles. The highest BCUT2D eigenvalue weighted by molar-refractivity contribution is 5.99. The van der Waals surface area contributed by atoms with Gasteiger partial charge in [-0.2, -0.15) is 0 Å². The molecule has 5 rings (SSSR count). The highest BCUT2D eigenvalue weighted by atomic mass is 19.1. The van der Waals surface area contributed by atoms with Crippen molar-refractivity contribution >= 4 is 28.8 Å². The molecule has 1 amide bonds. The number of carbonyl (C=O) groups is 1. The molecule has 1 fully saturated rings. The minimum Gasteiger partial charge on any atom is -0.493 e. The predicted molar refractivity (Wildman–Crippen MR) is 151 cm³/mol. The second-order valence-electron chi connectivity index (χ2n) is 9.57. The van der Waals surface area contributed by atoms with Crippen molar-refractivity contribution in [2.75, 3.05) is 44.0 Å². The second-order valence-corrected chi connectivity index (χ2v) is 9.57. The number of amides is 1. The minimum absolute atomic E-state index is 0.163. The summed E-state index contributed by atoms with van der Waals surface area (Å²) in [7, 11) is 1.65. The molecule has 0 atom stereocenters. The standard InChI is InChI=1S/C30H32FN5O4/c1-3-28(37)34-25-17-22(31)5-7-26(25)40-29-23(20-10-14-39-15-11-20)18-33-30(36-29)35-24-6-4-21(16-27(24)38-2)19-8-12-32-13-9-19/h3-7,10,16-19,32H,1,8-9,11-15H2,2H3,(H,34,37)(H,33,35,36)/p+1. The van der Waals surface area contributed by atoms with Crippen molar-refractivity contribution in [2.45, 2.75) is 25.2 Å². The first-order chi connectivity index (χ1) is 19.5. The number of halogens is 1. The number of piperidine rings is 1. The van der Waals surface area contributed by atoms with Gasteiger partial charge < -0.3 is 24.8 Å². The van der Waals surface area contributed by atoms with E-state index >= 15 is 0 Å². The van der Waals surface area contributed by atoms with Gasteiger partial charge in [0, 0.05) is 6.07 Å². The number of methoxy groups -OCH3 is 1. The van der Waals surface area contributed by atoms with Crippen molar-refractivity contribution in [3.8, 4) is 17.4 Å². The molecule has 3 heterocycles. The van der Waals surface area contributed by atoms with Crippen LogP contribution in [0.2, 0.25) is 0 Å². The summed E-state index contributed by atoms with van der Waals surface area (Å²) in [6.07, 6.45) is 7.74. The van der Waals surface area contributed by atoms with Crippen molar-refractivity contribution in [1.82, 2.24) is 10.3 Å². The van der Waals surface area contributed by atoms with E-state index in [4.69, 9.17) is 19.2 Å². The predicted octanol–water partition coefficient (Wildman–Crippen LogP) is 4.97. The van der Waals surface area contributed by atoms with Gasteiger partial charge in [-0.05, 0) is 84.7 Å².